The number of rotatable bonds is 9. The molecule has 0 heterocycles. The van der Waals surface area contributed by atoms with Crippen molar-refractivity contribution in [3.05, 3.63) is 0 Å². The molecule has 0 bridgehead atoms. The van der Waals surface area contributed by atoms with Crippen LogP contribution in [0.3, 0.4) is 0 Å². The summed E-state index contributed by atoms with van der Waals surface area (Å²) in [6.07, 6.45) is 1.04. The topological polar surface area (TPSA) is 105 Å². The fraction of sp³-hybridized carbons (Fsp3) is 0.727. The van der Waals surface area contributed by atoms with E-state index in [2.05, 4.69) is 15.4 Å². The molecular weight excluding hydrogens is 240 g/mol. The van der Waals surface area contributed by atoms with E-state index in [1.165, 1.54) is 0 Å². The predicted octanol–water partition coefficient (Wildman–Crippen LogP) is -0.491. The molecule has 3 N–H and O–H groups in total. The second-order valence-electron chi connectivity index (χ2n) is 3.86. The molecule has 0 aliphatic heterocycles. The lowest BCUT2D eigenvalue weighted by atomic mass is 10.2. The third kappa shape index (κ3) is 9.59. The number of carboxylic acid groups (broad SMARTS) is 1. The molecule has 0 aliphatic carbocycles. The van der Waals surface area contributed by atoms with Crippen LogP contribution >= 0.6 is 0 Å². The molecule has 0 saturated heterocycles. The van der Waals surface area contributed by atoms with E-state index in [4.69, 9.17) is 5.11 Å². The van der Waals surface area contributed by atoms with E-state index < -0.39 is 18.5 Å². The van der Waals surface area contributed by atoms with Crippen molar-refractivity contribution in [3.63, 3.8) is 0 Å². The van der Waals surface area contributed by atoms with Crippen LogP contribution in [0.2, 0.25) is 0 Å². The zero-order chi connectivity index (χ0) is 14.0. The number of amides is 2. The summed E-state index contributed by atoms with van der Waals surface area (Å²) in [5.74, 6) is -1.69. The minimum Gasteiger partial charge on any atom is -0.480 e. The molecule has 0 fully saturated rings. The van der Waals surface area contributed by atoms with Crippen molar-refractivity contribution in [2.24, 2.45) is 0 Å². The number of ether oxygens (including phenoxy) is 1. The highest BCUT2D eigenvalue weighted by Gasteiger charge is 2.07. The van der Waals surface area contributed by atoms with Gasteiger partial charge in [-0.05, 0) is 13.3 Å². The van der Waals surface area contributed by atoms with Crippen LogP contribution in [0, 0.1) is 0 Å². The van der Waals surface area contributed by atoms with Crippen molar-refractivity contribution in [1.82, 2.24) is 10.6 Å². The van der Waals surface area contributed by atoms with E-state index in [0.717, 1.165) is 6.42 Å². The molecule has 0 spiro atoms. The van der Waals surface area contributed by atoms with E-state index in [0.29, 0.717) is 0 Å². The van der Waals surface area contributed by atoms with Gasteiger partial charge in [-0.3, -0.25) is 9.59 Å². The van der Waals surface area contributed by atoms with E-state index in [1.807, 2.05) is 13.8 Å². The molecule has 7 nitrogen and oxygen atoms in total. The maximum absolute atomic E-state index is 11.3. The van der Waals surface area contributed by atoms with E-state index in [-0.39, 0.29) is 31.5 Å². The minimum atomic E-state index is -1.13. The van der Waals surface area contributed by atoms with Gasteiger partial charge >= 0.3 is 5.97 Å². The van der Waals surface area contributed by atoms with Crippen LogP contribution in [0.4, 0.5) is 0 Å². The summed E-state index contributed by atoms with van der Waals surface area (Å²) in [5.41, 5.74) is 0. The van der Waals surface area contributed by atoms with Gasteiger partial charge in [0.15, 0.2) is 0 Å². The molecule has 0 aliphatic rings. The molecular formula is C11H20N2O5. The van der Waals surface area contributed by atoms with E-state index in [9.17, 15) is 14.4 Å². The smallest absolute Gasteiger partial charge is 0.329 e. The highest BCUT2D eigenvalue weighted by atomic mass is 16.5. The highest BCUT2D eigenvalue weighted by molar-refractivity contribution is 5.80. The summed E-state index contributed by atoms with van der Waals surface area (Å²) in [6.45, 7) is 3.24. The second-order valence-corrected chi connectivity index (χ2v) is 3.86. The van der Waals surface area contributed by atoms with Crippen LogP contribution in [0.25, 0.3) is 0 Å². The number of carbonyl (C=O) groups is 3. The van der Waals surface area contributed by atoms with Crippen LogP contribution in [0.5, 0.6) is 0 Å². The fourth-order valence-corrected chi connectivity index (χ4v) is 1.05. The monoisotopic (exact) mass is 260 g/mol. The fourth-order valence-electron chi connectivity index (χ4n) is 1.05. The first-order valence-electron chi connectivity index (χ1n) is 5.81. The van der Waals surface area contributed by atoms with E-state index >= 15 is 0 Å². The van der Waals surface area contributed by atoms with Crippen LogP contribution < -0.4 is 10.6 Å². The zero-order valence-electron chi connectivity index (χ0n) is 10.7. The van der Waals surface area contributed by atoms with Gasteiger partial charge in [0.05, 0.1) is 0 Å². The Morgan fingerprint density at radius 2 is 1.89 bits per heavy atom. The van der Waals surface area contributed by atoms with E-state index in [1.54, 1.807) is 0 Å². The van der Waals surface area contributed by atoms with Gasteiger partial charge in [0.2, 0.25) is 11.8 Å². The molecule has 1 atom stereocenters. The van der Waals surface area contributed by atoms with Crippen LogP contribution in [-0.2, 0) is 19.1 Å². The number of hydrogen-bond donors (Lipinski definition) is 3. The van der Waals surface area contributed by atoms with Gasteiger partial charge in [-0.1, -0.05) is 6.92 Å². The summed E-state index contributed by atoms with van der Waals surface area (Å²) >= 11 is 0. The Labute approximate surface area is 106 Å². The Kier molecular flexibility index (Phi) is 8.55. The minimum absolute atomic E-state index is 0.118. The highest BCUT2D eigenvalue weighted by Crippen LogP contribution is 1.89. The maximum atomic E-state index is 11.3. The lowest BCUT2D eigenvalue weighted by Gasteiger charge is -2.11. The largest absolute Gasteiger partial charge is 0.480 e. The first-order chi connectivity index (χ1) is 8.45. The maximum Gasteiger partial charge on any atom is 0.329 e. The molecule has 18 heavy (non-hydrogen) atoms. The molecule has 0 aromatic carbocycles. The molecule has 0 rings (SSSR count). The molecule has 0 saturated carbocycles. The van der Waals surface area contributed by atoms with Gasteiger partial charge in [-0.25, -0.2) is 4.79 Å². The molecule has 0 radical (unpaired) electrons. The summed E-state index contributed by atoms with van der Waals surface area (Å²) in [6, 6.07) is 0.118. The molecule has 0 aromatic heterocycles. The zero-order valence-corrected chi connectivity index (χ0v) is 10.7. The summed E-state index contributed by atoms with van der Waals surface area (Å²) in [5, 5.41) is 13.5. The van der Waals surface area contributed by atoms with Crippen molar-refractivity contribution in [3.8, 4) is 0 Å². The van der Waals surface area contributed by atoms with Crippen molar-refractivity contribution in [1.29, 1.82) is 0 Å². The van der Waals surface area contributed by atoms with Gasteiger partial charge in [-0.15, -0.1) is 0 Å². The molecule has 1 unspecified atom stereocenters. The third-order valence-corrected chi connectivity index (χ3v) is 2.15. The molecule has 0 aromatic rings. The first-order valence-corrected chi connectivity index (χ1v) is 5.81. The first kappa shape index (κ1) is 16.4. The number of nitrogens with one attached hydrogen (secondary N) is 2. The summed E-state index contributed by atoms with van der Waals surface area (Å²) in [4.78, 5) is 32.6. The second kappa shape index (κ2) is 9.41. The Morgan fingerprint density at radius 1 is 1.22 bits per heavy atom. The summed E-state index contributed by atoms with van der Waals surface area (Å²) in [7, 11) is 0. The Bertz CT molecular complexity index is 293. The SMILES string of the molecule is CCC(C)NC(=O)CCNC(=O)COCC(=O)O. The number of aliphatic carboxylic acids is 1. The van der Waals surface area contributed by atoms with Crippen LogP contribution in [-0.4, -0.2) is 48.7 Å². The Balaban J connectivity index is 3.55. The summed E-state index contributed by atoms with van der Waals surface area (Å²) < 4.78 is 4.58. The van der Waals surface area contributed by atoms with Crippen LogP contribution in [0.1, 0.15) is 26.7 Å². The van der Waals surface area contributed by atoms with Gasteiger partial charge in [0, 0.05) is 19.0 Å². The van der Waals surface area contributed by atoms with Crippen LogP contribution in [0.15, 0.2) is 0 Å². The quantitative estimate of drug-likeness (QED) is 0.519. The van der Waals surface area contributed by atoms with Crippen molar-refractivity contribution in [2.45, 2.75) is 32.7 Å². The normalized spacial score (nSPS) is 11.7. The molecule has 104 valence electrons. The third-order valence-electron chi connectivity index (χ3n) is 2.15. The van der Waals surface area contributed by atoms with Gasteiger partial charge in [-0.2, -0.15) is 0 Å². The Morgan fingerprint density at radius 3 is 2.44 bits per heavy atom. The van der Waals surface area contributed by atoms with Crippen molar-refractivity contribution in [2.75, 3.05) is 19.8 Å². The lowest BCUT2D eigenvalue weighted by Crippen LogP contribution is -2.36. The lowest BCUT2D eigenvalue weighted by molar-refractivity contribution is -0.143. The van der Waals surface area contributed by atoms with Crippen molar-refractivity contribution >= 4 is 17.8 Å². The van der Waals surface area contributed by atoms with Gasteiger partial charge < -0.3 is 20.5 Å². The number of hydrogen-bond acceptors (Lipinski definition) is 4. The standard InChI is InChI=1S/C11H20N2O5/c1-3-8(2)13-9(14)4-5-12-10(15)6-18-7-11(16)17/h8H,3-7H2,1-2H3,(H,12,15)(H,13,14)(H,16,17). The molecule has 2 amide bonds. The molecule has 7 heteroatoms. The predicted molar refractivity (Wildman–Crippen MR) is 64.0 cm³/mol. The average Bonchev–Trinajstić information content (AvgIpc) is 2.28. The average molecular weight is 260 g/mol. The van der Waals surface area contributed by atoms with Gasteiger partial charge in [0.25, 0.3) is 0 Å². The van der Waals surface area contributed by atoms with Crippen molar-refractivity contribution < 1.29 is 24.2 Å². The number of carboxylic acids is 1. The number of carbonyl (C=O) groups excluding carboxylic acids is 2. The Hall–Kier alpha value is -1.63. The van der Waals surface area contributed by atoms with Gasteiger partial charge in [0.1, 0.15) is 13.2 Å².